The van der Waals surface area contributed by atoms with Crippen molar-refractivity contribution in [1.82, 2.24) is 15.4 Å². The third-order valence-corrected chi connectivity index (χ3v) is 13.0. The summed E-state index contributed by atoms with van der Waals surface area (Å²) in [5, 5.41) is 18.2. The number of methoxy groups -OCH3 is 1. The fourth-order valence-corrected chi connectivity index (χ4v) is 10.3. The Hall–Kier alpha value is -5.29. The van der Waals surface area contributed by atoms with Crippen LogP contribution in [0, 0.1) is 16.0 Å². The maximum atomic E-state index is 15.6. The molecule has 1 unspecified atom stereocenters. The van der Waals surface area contributed by atoms with Crippen LogP contribution >= 0.6 is 7.52 Å². The lowest BCUT2D eigenvalue weighted by atomic mass is 9.89. The van der Waals surface area contributed by atoms with Crippen LogP contribution < -0.4 is 10.4 Å². The number of para-hydroxylation sites is 1. The molecule has 1 saturated carbocycles. The van der Waals surface area contributed by atoms with E-state index in [-0.39, 0.29) is 37.2 Å². The van der Waals surface area contributed by atoms with Crippen molar-refractivity contribution >= 4 is 36.2 Å². The Labute approximate surface area is 313 Å². The van der Waals surface area contributed by atoms with E-state index in [4.69, 9.17) is 14.0 Å². The van der Waals surface area contributed by atoms with Crippen LogP contribution in [-0.4, -0.2) is 47.5 Å². The number of aromatic nitrogens is 1. The van der Waals surface area contributed by atoms with Crippen molar-refractivity contribution in [3.05, 3.63) is 136 Å². The number of hydrogen-bond acceptors (Lipinski definition) is 8. The number of fused-ring (bicyclic) bond motifs is 4. The molecule has 3 N–H and O–H groups in total. The molecule has 12 nitrogen and oxygen atoms in total. The van der Waals surface area contributed by atoms with Crippen LogP contribution in [0.1, 0.15) is 60.3 Å². The summed E-state index contributed by atoms with van der Waals surface area (Å²) >= 11 is 0. The zero-order valence-electron chi connectivity index (χ0n) is 29.9. The van der Waals surface area contributed by atoms with Crippen molar-refractivity contribution < 1.29 is 33.1 Å². The smallest absolute Gasteiger partial charge is 0.407 e. The third kappa shape index (κ3) is 7.96. The number of rotatable bonds is 14. The van der Waals surface area contributed by atoms with E-state index in [1.165, 1.54) is 31.4 Å². The summed E-state index contributed by atoms with van der Waals surface area (Å²) in [7, 11) is -2.95. The quantitative estimate of drug-likeness (QED) is 0.0437. The fourth-order valence-electron chi connectivity index (χ4n) is 7.83. The zero-order valence-corrected chi connectivity index (χ0v) is 30.8. The van der Waals surface area contributed by atoms with E-state index in [0.717, 1.165) is 58.0 Å². The van der Waals surface area contributed by atoms with Gasteiger partial charge in [-0.3, -0.25) is 19.5 Å². The van der Waals surface area contributed by atoms with Crippen LogP contribution in [0.3, 0.4) is 0 Å². The van der Waals surface area contributed by atoms with E-state index in [1.807, 2.05) is 60.7 Å². The summed E-state index contributed by atoms with van der Waals surface area (Å²) in [5.74, 6) is -2.16. The first-order valence-electron chi connectivity index (χ1n) is 18.2. The van der Waals surface area contributed by atoms with Crippen molar-refractivity contribution in [2.45, 2.75) is 62.9 Å². The molecule has 1 amide bonds. The number of hydrogen-bond donors (Lipinski definition) is 3. The topological polar surface area (TPSA) is 162 Å². The number of nitrogens with one attached hydrogen (secondary N) is 3. The Morgan fingerprint density at radius 3 is 2.22 bits per heavy atom. The summed E-state index contributed by atoms with van der Waals surface area (Å²) in [6, 6.07) is 28.4. The SMILES string of the molecule is COC(=O)[C@@H](Cc1c[nH]c2ccccc12)NP(=O)(OCc1ccc([N+](=O)[O-])cc1)[C@@H](NC(=O)OCC1c2ccccc2-c2ccccc21)C1CCCCC1. The van der Waals surface area contributed by atoms with Gasteiger partial charge in [0.05, 0.1) is 18.6 Å². The minimum Gasteiger partial charge on any atom is -0.468 e. The monoisotopic (exact) mass is 750 g/mol. The molecule has 13 heteroatoms. The Morgan fingerprint density at radius 1 is 0.907 bits per heavy atom. The van der Waals surface area contributed by atoms with Gasteiger partial charge in [-0.25, -0.2) is 9.88 Å². The van der Waals surface area contributed by atoms with Gasteiger partial charge in [0.25, 0.3) is 13.2 Å². The van der Waals surface area contributed by atoms with Crippen LogP contribution in [0.25, 0.3) is 22.0 Å². The lowest BCUT2D eigenvalue weighted by molar-refractivity contribution is -0.384. The lowest BCUT2D eigenvalue weighted by Gasteiger charge is -2.37. The van der Waals surface area contributed by atoms with Gasteiger partial charge in [0.2, 0.25) is 0 Å². The van der Waals surface area contributed by atoms with E-state index >= 15 is 4.57 Å². The molecule has 54 heavy (non-hydrogen) atoms. The molecule has 1 fully saturated rings. The highest BCUT2D eigenvalue weighted by molar-refractivity contribution is 7.57. The van der Waals surface area contributed by atoms with Gasteiger partial charge < -0.3 is 24.3 Å². The number of carbonyl (C=O) groups excluding carboxylic acids is 2. The minimum atomic E-state index is -4.21. The van der Waals surface area contributed by atoms with E-state index in [2.05, 4.69) is 27.5 Å². The van der Waals surface area contributed by atoms with Crippen LogP contribution in [0.2, 0.25) is 0 Å². The number of aromatic amines is 1. The predicted octanol–water partition coefficient (Wildman–Crippen LogP) is 8.60. The highest BCUT2D eigenvalue weighted by atomic mass is 31.2. The van der Waals surface area contributed by atoms with Gasteiger partial charge in [0, 0.05) is 41.6 Å². The minimum absolute atomic E-state index is 0.0595. The molecule has 280 valence electrons. The van der Waals surface area contributed by atoms with E-state index in [1.54, 1.807) is 6.20 Å². The fraction of sp³-hybridized carbons (Fsp3) is 0.317. The van der Waals surface area contributed by atoms with Gasteiger partial charge in [-0.15, -0.1) is 0 Å². The molecule has 2 aliphatic rings. The first-order chi connectivity index (χ1) is 26.2. The predicted molar refractivity (Wildman–Crippen MR) is 205 cm³/mol. The van der Waals surface area contributed by atoms with E-state index in [0.29, 0.717) is 18.4 Å². The molecule has 1 aromatic heterocycles. The number of benzene rings is 4. The lowest BCUT2D eigenvalue weighted by Crippen LogP contribution is -2.48. The van der Waals surface area contributed by atoms with Gasteiger partial charge in [-0.05, 0) is 70.3 Å². The summed E-state index contributed by atoms with van der Waals surface area (Å²) in [6.45, 7) is -0.150. The summed E-state index contributed by atoms with van der Waals surface area (Å²) in [5.41, 5.74) is 6.43. The molecule has 0 spiro atoms. The van der Waals surface area contributed by atoms with Crippen LogP contribution in [-0.2, 0) is 36.4 Å². The first-order valence-corrected chi connectivity index (χ1v) is 19.9. The van der Waals surface area contributed by atoms with Gasteiger partial charge in [-0.2, -0.15) is 0 Å². The van der Waals surface area contributed by atoms with Crippen molar-refractivity contribution in [2.75, 3.05) is 13.7 Å². The molecule has 7 rings (SSSR count). The third-order valence-electron chi connectivity index (χ3n) is 10.6. The Balaban J connectivity index is 1.19. The number of nitro groups is 1. The van der Waals surface area contributed by atoms with Crippen molar-refractivity contribution in [3.63, 3.8) is 0 Å². The molecule has 0 aliphatic heterocycles. The standard InChI is InChI=1S/C41H43N4O8P/c1-51-40(46)38(23-29-24-42-37-18-10-9-13-31(29)37)44-54(50,53-25-27-19-21-30(22-20-27)45(48)49)39(28-11-3-2-4-12-28)43-41(47)52-26-36-34-16-7-5-14-32(34)33-15-6-8-17-35(33)36/h5-10,13-22,24,28,36,38-39,42H,2-4,11-12,23,25-26H2,1H3,(H,43,47)(H,44,50)/t38-,39-,54?/m1/s1. The number of non-ortho nitro benzene ring substituents is 1. The highest BCUT2D eigenvalue weighted by Crippen LogP contribution is 2.54. The molecular weight excluding hydrogens is 707 g/mol. The second kappa shape index (κ2) is 16.4. The number of amides is 1. The number of H-pyrrole nitrogens is 1. The van der Waals surface area contributed by atoms with Crippen LogP contribution in [0.15, 0.2) is 103 Å². The Morgan fingerprint density at radius 2 is 1.56 bits per heavy atom. The zero-order chi connectivity index (χ0) is 37.7. The first kappa shape index (κ1) is 37.0. The van der Waals surface area contributed by atoms with Gasteiger partial charge >= 0.3 is 12.1 Å². The molecule has 2 aliphatic carbocycles. The average molecular weight is 751 g/mol. The van der Waals surface area contributed by atoms with Crippen LogP contribution in [0.5, 0.6) is 0 Å². The molecule has 1 heterocycles. The molecule has 4 aromatic carbocycles. The Kier molecular flexibility index (Phi) is 11.2. The largest absolute Gasteiger partial charge is 0.468 e. The van der Waals surface area contributed by atoms with E-state index < -0.39 is 36.3 Å². The maximum absolute atomic E-state index is 15.6. The number of alkyl carbamates (subject to hydrolysis) is 1. The molecule has 0 saturated heterocycles. The van der Waals surface area contributed by atoms with Crippen molar-refractivity contribution in [2.24, 2.45) is 5.92 Å². The number of ether oxygens (including phenoxy) is 2. The molecular formula is C41H43N4O8P. The Bertz CT molecular complexity index is 2140. The number of nitro benzene ring substituents is 1. The summed E-state index contributed by atoms with van der Waals surface area (Å²) in [4.78, 5) is 41.4. The molecule has 0 bridgehead atoms. The summed E-state index contributed by atoms with van der Waals surface area (Å²) < 4.78 is 33.1. The highest BCUT2D eigenvalue weighted by Gasteiger charge is 2.45. The van der Waals surface area contributed by atoms with E-state index in [9.17, 15) is 19.7 Å². The van der Waals surface area contributed by atoms with Crippen molar-refractivity contribution in [1.29, 1.82) is 0 Å². The van der Waals surface area contributed by atoms with Gasteiger partial charge in [0.15, 0.2) is 0 Å². The molecule has 3 atom stereocenters. The number of nitrogens with zero attached hydrogens (tertiary/aromatic N) is 1. The molecule has 0 radical (unpaired) electrons. The number of carbonyl (C=O) groups is 2. The molecule has 5 aromatic rings. The van der Waals surface area contributed by atoms with Crippen LogP contribution in [0.4, 0.5) is 10.5 Å². The van der Waals surface area contributed by atoms with Gasteiger partial charge in [0.1, 0.15) is 18.4 Å². The van der Waals surface area contributed by atoms with Crippen molar-refractivity contribution in [3.8, 4) is 11.1 Å². The normalized spacial score (nSPS) is 16.5. The second-order valence-corrected chi connectivity index (χ2v) is 16.1. The number of esters is 1. The second-order valence-electron chi connectivity index (χ2n) is 13.9. The van der Waals surface area contributed by atoms with Gasteiger partial charge in [-0.1, -0.05) is 86.0 Å². The average Bonchev–Trinajstić information content (AvgIpc) is 3.76. The maximum Gasteiger partial charge on any atom is 0.407 e. The summed E-state index contributed by atoms with van der Waals surface area (Å²) in [6.07, 6.45) is 5.25.